The van der Waals surface area contributed by atoms with E-state index in [-0.39, 0.29) is 11.9 Å². The second-order valence-corrected chi connectivity index (χ2v) is 4.87. The fourth-order valence-corrected chi connectivity index (χ4v) is 1.98. The molecular weight excluding hydrogens is 218 g/mol. The van der Waals surface area contributed by atoms with E-state index >= 15 is 0 Å². The highest BCUT2D eigenvalue weighted by Gasteiger charge is 2.56. The predicted octanol–water partition coefficient (Wildman–Crippen LogP) is 1.53. The van der Waals surface area contributed by atoms with Gasteiger partial charge in [-0.15, -0.1) is 0 Å². The zero-order valence-corrected chi connectivity index (χ0v) is 10.9. The lowest BCUT2D eigenvalue weighted by Gasteiger charge is -2.12. The zero-order chi connectivity index (χ0) is 12.6. The van der Waals surface area contributed by atoms with Crippen LogP contribution >= 0.6 is 0 Å². The Balaban J connectivity index is 2.31. The third-order valence-corrected chi connectivity index (χ3v) is 3.14. The number of hydrogen-bond acceptors (Lipinski definition) is 4. The van der Waals surface area contributed by atoms with E-state index in [0.717, 1.165) is 24.5 Å². The van der Waals surface area contributed by atoms with E-state index in [2.05, 4.69) is 10.1 Å². The SMILES string of the molecule is CCOC(=O)C1(c2nc(C(C)C)nn2C)CC1. The van der Waals surface area contributed by atoms with Crippen molar-refractivity contribution in [3.8, 4) is 0 Å². The molecule has 0 bridgehead atoms. The second kappa shape index (κ2) is 4.13. The number of rotatable bonds is 4. The van der Waals surface area contributed by atoms with Gasteiger partial charge in [-0.1, -0.05) is 13.8 Å². The number of ether oxygens (including phenoxy) is 1. The van der Waals surface area contributed by atoms with Crippen molar-refractivity contribution in [2.45, 2.75) is 44.9 Å². The quantitative estimate of drug-likeness (QED) is 0.745. The molecule has 0 atom stereocenters. The van der Waals surface area contributed by atoms with Crippen LogP contribution in [-0.4, -0.2) is 27.3 Å². The summed E-state index contributed by atoms with van der Waals surface area (Å²) < 4.78 is 6.85. The molecule has 0 spiro atoms. The molecule has 0 aliphatic heterocycles. The highest BCUT2D eigenvalue weighted by molar-refractivity contribution is 5.85. The fourth-order valence-electron chi connectivity index (χ4n) is 1.98. The summed E-state index contributed by atoms with van der Waals surface area (Å²) in [5.74, 6) is 1.65. The molecule has 1 aliphatic rings. The average Bonchev–Trinajstić information content (AvgIpc) is 2.97. The largest absolute Gasteiger partial charge is 0.465 e. The van der Waals surface area contributed by atoms with Crippen molar-refractivity contribution < 1.29 is 9.53 Å². The zero-order valence-electron chi connectivity index (χ0n) is 10.9. The summed E-state index contributed by atoms with van der Waals surface area (Å²) in [6.07, 6.45) is 1.63. The standard InChI is InChI=1S/C12H19N3O2/c1-5-17-11(16)12(6-7-12)10-13-9(8(2)3)14-15(10)4/h8H,5-7H2,1-4H3. The normalized spacial score (nSPS) is 17.2. The Labute approximate surface area is 101 Å². The lowest BCUT2D eigenvalue weighted by molar-refractivity contribution is -0.146. The summed E-state index contributed by atoms with van der Waals surface area (Å²) in [6.45, 7) is 6.33. The second-order valence-electron chi connectivity index (χ2n) is 4.87. The number of nitrogens with zero attached hydrogens (tertiary/aromatic N) is 3. The van der Waals surface area contributed by atoms with E-state index in [1.54, 1.807) is 4.68 Å². The molecule has 94 valence electrons. The lowest BCUT2D eigenvalue weighted by Crippen LogP contribution is -2.26. The van der Waals surface area contributed by atoms with Crippen LogP contribution in [0.4, 0.5) is 0 Å². The summed E-state index contributed by atoms with van der Waals surface area (Å²) in [4.78, 5) is 16.5. The Bertz CT molecular complexity index is 433. The first-order valence-corrected chi connectivity index (χ1v) is 6.10. The Hall–Kier alpha value is -1.39. The molecule has 1 saturated carbocycles. The summed E-state index contributed by atoms with van der Waals surface area (Å²) >= 11 is 0. The van der Waals surface area contributed by atoms with E-state index in [9.17, 15) is 4.79 Å². The van der Waals surface area contributed by atoms with Crippen LogP contribution < -0.4 is 0 Å². The van der Waals surface area contributed by atoms with E-state index < -0.39 is 5.41 Å². The molecule has 0 unspecified atom stereocenters. The smallest absolute Gasteiger partial charge is 0.319 e. The molecule has 1 aliphatic carbocycles. The van der Waals surface area contributed by atoms with Gasteiger partial charge < -0.3 is 4.74 Å². The molecule has 5 heteroatoms. The van der Waals surface area contributed by atoms with Gasteiger partial charge in [0.15, 0.2) is 5.82 Å². The first-order valence-electron chi connectivity index (χ1n) is 6.10. The average molecular weight is 237 g/mol. The van der Waals surface area contributed by atoms with Crippen molar-refractivity contribution in [3.63, 3.8) is 0 Å². The van der Waals surface area contributed by atoms with Crippen LogP contribution in [0, 0.1) is 0 Å². The number of aryl methyl sites for hydroxylation is 1. The predicted molar refractivity (Wildman–Crippen MR) is 62.6 cm³/mol. The first kappa shape index (κ1) is 12.1. The van der Waals surface area contributed by atoms with Gasteiger partial charge in [0.2, 0.25) is 0 Å². The Morgan fingerprint density at radius 3 is 2.59 bits per heavy atom. The maximum Gasteiger partial charge on any atom is 0.319 e. The molecule has 17 heavy (non-hydrogen) atoms. The Kier molecular flexibility index (Phi) is 2.93. The van der Waals surface area contributed by atoms with Crippen molar-refractivity contribution in [1.29, 1.82) is 0 Å². The molecule has 0 N–H and O–H groups in total. The Morgan fingerprint density at radius 1 is 1.53 bits per heavy atom. The van der Waals surface area contributed by atoms with E-state index in [4.69, 9.17) is 4.74 Å². The van der Waals surface area contributed by atoms with Gasteiger partial charge in [-0.2, -0.15) is 5.10 Å². The number of esters is 1. The lowest BCUT2D eigenvalue weighted by atomic mass is 10.1. The van der Waals surface area contributed by atoms with E-state index in [0.29, 0.717) is 6.61 Å². The summed E-state index contributed by atoms with van der Waals surface area (Å²) in [6, 6.07) is 0. The van der Waals surface area contributed by atoms with Gasteiger partial charge in [-0.25, -0.2) is 4.98 Å². The molecule has 0 saturated heterocycles. The van der Waals surface area contributed by atoms with Crippen molar-refractivity contribution in [3.05, 3.63) is 11.6 Å². The highest BCUT2D eigenvalue weighted by Crippen LogP contribution is 2.48. The van der Waals surface area contributed by atoms with Crippen LogP contribution in [0.25, 0.3) is 0 Å². The van der Waals surface area contributed by atoms with Crippen LogP contribution in [0.2, 0.25) is 0 Å². The highest BCUT2D eigenvalue weighted by atomic mass is 16.5. The summed E-state index contributed by atoms with van der Waals surface area (Å²) in [5.41, 5.74) is -0.523. The van der Waals surface area contributed by atoms with Crippen molar-refractivity contribution in [2.24, 2.45) is 7.05 Å². The van der Waals surface area contributed by atoms with Gasteiger partial charge in [-0.3, -0.25) is 9.48 Å². The number of aromatic nitrogens is 3. The minimum Gasteiger partial charge on any atom is -0.465 e. The molecule has 1 aromatic rings. The maximum absolute atomic E-state index is 12.0. The molecule has 1 fully saturated rings. The molecule has 0 radical (unpaired) electrons. The number of hydrogen-bond donors (Lipinski definition) is 0. The van der Waals surface area contributed by atoms with Gasteiger partial charge in [0, 0.05) is 13.0 Å². The molecule has 1 heterocycles. The minimum absolute atomic E-state index is 0.161. The van der Waals surface area contributed by atoms with Crippen LogP contribution in [0.5, 0.6) is 0 Å². The van der Waals surface area contributed by atoms with Gasteiger partial charge in [0.05, 0.1) is 6.61 Å². The van der Waals surface area contributed by atoms with Crippen LogP contribution in [0.15, 0.2) is 0 Å². The van der Waals surface area contributed by atoms with E-state index in [1.165, 1.54) is 0 Å². The summed E-state index contributed by atoms with van der Waals surface area (Å²) in [7, 11) is 1.84. The van der Waals surface area contributed by atoms with E-state index in [1.807, 2.05) is 27.8 Å². The van der Waals surface area contributed by atoms with Crippen molar-refractivity contribution in [2.75, 3.05) is 6.61 Å². The maximum atomic E-state index is 12.0. The van der Waals surface area contributed by atoms with Gasteiger partial charge in [0.1, 0.15) is 11.2 Å². The van der Waals surface area contributed by atoms with Crippen molar-refractivity contribution in [1.82, 2.24) is 14.8 Å². The van der Waals surface area contributed by atoms with Crippen LogP contribution in [-0.2, 0) is 22.0 Å². The molecule has 2 rings (SSSR count). The van der Waals surface area contributed by atoms with Crippen LogP contribution in [0.1, 0.15) is 51.2 Å². The monoisotopic (exact) mass is 237 g/mol. The molecule has 0 aromatic carbocycles. The summed E-state index contributed by atoms with van der Waals surface area (Å²) in [5, 5.41) is 4.36. The molecule has 5 nitrogen and oxygen atoms in total. The number of carbonyl (C=O) groups is 1. The number of carbonyl (C=O) groups excluding carboxylic acids is 1. The third kappa shape index (κ3) is 1.94. The minimum atomic E-state index is -0.523. The van der Waals surface area contributed by atoms with Gasteiger partial charge >= 0.3 is 5.97 Å². The fraction of sp³-hybridized carbons (Fsp3) is 0.750. The Morgan fingerprint density at radius 2 is 2.18 bits per heavy atom. The van der Waals surface area contributed by atoms with Gasteiger partial charge in [0.25, 0.3) is 0 Å². The van der Waals surface area contributed by atoms with Gasteiger partial charge in [-0.05, 0) is 19.8 Å². The first-order chi connectivity index (χ1) is 8.01. The molecule has 1 aromatic heterocycles. The van der Waals surface area contributed by atoms with Crippen LogP contribution in [0.3, 0.4) is 0 Å². The molecule has 0 amide bonds. The third-order valence-electron chi connectivity index (χ3n) is 3.14. The molecular formula is C12H19N3O2. The van der Waals surface area contributed by atoms with Crippen molar-refractivity contribution >= 4 is 5.97 Å². The topological polar surface area (TPSA) is 57.0 Å².